The smallest absolute Gasteiger partial charge is 0.238 e. The number of carbonyl (C=O) groups excluding carboxylic acids is 1. The molecule has 1 fully saturated rings. The molecule has 2 rings (SSSR count). The molecule has 1 unspecified atom stereocenters. The summed E-state index contributed by atoms with van der Waals surface area (Å²) >= 11 is 0. The molecule has 1 aliphatic rings. The zero-order valence-electron chi connectivity index (χ0n) is 14.6. The predicted molar refractivity (Wildman–Crippen MR) is 95.4 cm³/mol. The molecule has 1 heterocycles. The average molecular weight is 353 g/mol. The molecule has 0 aliphatic carbocycles. The lowest BCUT2D eigenvalue weighted by Crippen LogP contribution is -2.43. The maximum absolute atomic E-state index is 12.4. The number of nitrogens with zero attached hydrogens (tertiary/aromatic N) is 1. The zero-order valence-corrected chi connectivity index (χ0v) is 15.4. The van der Waals surface area contributed by atoms with Crippen molar-refractivity contribution in [2.45, 2.75) is 57.4 Å². The molecule has 0 spiro atoms. The van der Waals surface area contributed by atoms with Gasteiger partial charge in [0.05, 0.1) is 11.4 Å². The summed E-state index contributed by atoms with van der Waals surface area (Å²) in [5, 5.41) is 8.07. The number of rotatable bonds is 5. The molecule has 3 N–H and O–H groups in total. The quantitative estimate of drug-likeness (QED) is 0.848. The fourth-order valence-corrected chi connectivity index (χ4v) is 3.85. The number of likely N-dealkylation sites (tertiary alicyclic amines) is 1. The number of nitrogens with one attached hydrogen (secondary N) is 1. The Morgan fingerprint density at radius 1 is 1.33 bits per heavy atom. The van der Waals surface area contributed by atoms with E-state index in [4.69, 9.17) is 5.14 Å². The number of primary sulfonamides is 1. The molecule has 1 aromatic rings. The van der Waals surface area contributed by atoms with Gasteiger partial charge in [0.2, 0.25) is 15.9 Å². The van der Waals surface area contributed by atoms with E-state index in [1.54, 1.807) is 6.92 Å². The van der Waals surface area contributed by atoms with Crippen LogP contribution in [0.5, 0.6) is 0 Å². The van der Waals surface area contributed by atoms with Crippen molar-refractivity contribution in [1.82, 2.24) is 4.90 Å². The zero-order chi connectivity index (χ0) is 17.9. The third kappa shape index (κ3) is 4.55. The van der Waals surface area contributed by atoms with Crippen LogP contribution in [0.4, 0.5) is 5.69 Å². The van der Waals surface area contributed by atoms with E-state index in [9.17, 15) is 13.2 Å². The van der Waals surface area contributed by atoms with E-state index in [1.165, 1.54) is 18.6 Å². The summed E-state index contributed by atoms with van der Waals surface area (Å²) in [5.41, 5.74) is 2.14. The van der Waals surface area contributed by atoms with Crippen molar-refractivity contribution in [3.63, 3.8) is 0 Å². The Morgan fingerprint density at radius 3 is 2.67 bits per heavy atom. The van der Waals surface area contributed by atoms with Crippen LogP contribution in [0.2, 0.25) is 0 Å². The van der Waals surface area contributed by atoms with Gasteiger partial charge in [-0.05, 0) is 62.9 Å². The van der Waals surface area contributed by atoms with Crippen molar-refractivity contribution in [2.75, 3.05) is 18.4 Å². The number of amides is 1. The Labute approximate surface area is 144 Å². The molecular formula is C17H27N3O3S. The van der Waals surface area contributed by atoms with Gasteiger partial charge in [0.25, 0.3) is 0 Å². The monoisotopic (exact) mass is 353 g/mol. The number of aryl methyl sites for hydroxylation is 1. The molecular weight excluding hydrogens is 326 g/mol. The van der Waals surface area contributed by atoms with Gasteiger partial charge in [-0.15, -0.1) is 0 Å². The fraction of sp³-hybridized carbons (Fsp3) is 0.588. The van der Waals surface area contributed by atoms with E-state index in [0.29, 0.717) is 18.3 Å². The van der Waals surface area contributed by atoms with Gasteiger partial charge in [-0.3, -0.25) is 9.69 Å². The van der Waals surface area contributed by atoms with Crippen LogP contribution in [0, 0.1) is 13.8 Å². The SMILES string of the molecule is CCC1CCCCN1CC(=O)Nc1cc(S(N)(=O)=O)cc(C)c1C. The van der Waals surface area contributed by atoms with Crippen molar-refractivity contribution < 1.29 is 13.2 Å². The molecule has 0 bridgehead atoms. The van der Waals surface area contributed by atoms with Crippen LogP contribution in [-0.2, 0) is 14.8 Å². The summed E-state index contributed by atoms with van der Waals surface area (Å²) in [5.74, 6) is -0.121. The maximum atomic E-state index is 12.4. The first-order valence-electron chi connectivity index (χ1n) is 8.40. The van der Waals surface area contributed by atoms with Gasteiger partial charge in [0.15, 0.2) is 0 Å². The van der Waals surface area contributed by atoms with E-state index >= 15 is 0 Å². The Bertz CT molecular complexity index is 716. The lowest BCUT2D eigenvalue weighted by molar-refractivity contribution is -0.118. The van der Waals surface area contributed by atoms with Crippen molar-refractivity contribution in [3.8, 4) is 0 Å². The van der Waals surface area contributed by atoms with Crippen LogP contribution in [0.15, 0.2) is 17.0 Å². The highest BCUT2D eigenvalue weighted by atomic mass is 32.2. The first kappa shape index (κ1) is 18.9. The van der Waals surface area contributed by atoms with Crippen molar-refractivity contribution in [2.24, 2.45) is 5.14 Å². The van der Waals surface area contributed by atoms with Gasteiger partial charge >= 0.3 is 0 Å². The van der Waals surface area contributed by atoms with Crippen molar-refractivity contribution in [1.29, 1.82) is 0 Å². The molecule has 1 amide bonds. The Kier molecular flexibility index (Phi) is 6.01. The van der Waals surface area contributed by atoms with Gasteiger partial charge < -0.3 is 5.32 Å². The van der Waals surface area contributed by atoms with Gasteiger partial charge in [-0.1, -0.05) is 13.3 Å². The second kappa shape index (κ2) is 7.63. The summed E-state index contributed by atoms with van der Waals surface area (Å²) in [6.07, 6.45) is 4.49. The molecule has 0 saturated carbocycles. The number of piperidine rings is 1. The minimum Gasteiger partial charge on any atom is -0.325 e. The van der Waals surface area contributed by atoms with Crippen LogP contribution in [0.25, 0.3) is 0 Å². The Morgan fingerprint density at radius 2 is 2.04 bits per heavy atom. The topological polar surface area (TPSA) is 92.5 Å². The predicted octanol–water partition coefficient (Wildman–Crippen LogP) is 2.15. The van der Waals surface area contributed by atoms with Gasteiger partial charge in [0.1, 0.15) is 0 Å². The molecule has 1 aromatic carbocycles. The van der Waals surface area contributed by atoms with Gasteiger partial charge in [-0.25, -0.2) is 13.6 Å². The molecule has 1 aliphatic heterocycles. The van der Waals surface area contributed by atoms with Crippen LogP contribution < -0.4 is 10.5 Å². The normalized spacial score (nSPS) is 19.2. The lowest BCUT2D eigenvalue weighted by Gasteiger charge is -2.34. The molecule has 0 radical (unpaired) electrons. The number of nitrogens with two attached hydrogens (primary N) is 1. The van der Waals surface area contributed by atoms with Gasteiger partial charge in [0, 0.05) is 11.7 Å². The first-order valence-corrected chi connectivity index (χ1v) is 9.95. The highest BCUT2D eigenvalue weighted by Gasteiger charge is 2.23. The van der Waals surface area contributed by atoms with Crippen molar-refractivity contribution >= 4 is 21.6 Å². The third-order valence-electron chi connectivity index (χ3n) is 4.81. The summed E-state index contributed by atoms with van der Waals surface area (Å²) in [4.78, 5) is 14.7. The summed E-state index contributed by atoms with van der Waals surface area (Å²) in [6.45, 7) is 7.06. The second-order valence-electron chi connectivity index (χ2n) is 6.53. The minimum atomic E-state index is -3.80. The number of sulfonamides is 1. The van der Waals surface area contributed by atoms with Gasteiger partial charge in [-0.2, -0.15) is 0 Å². The standard InChI is InChI=1S/C17H27N3O3S/c1-4-14-7-5-6-8-20(14)11-17(21)19-16-10-15(24(18,22)23)9-12(2)13(16)3/h9-10,14H,4-8,11H2,1-3H3,(H,19,21)(H2,18,22,23). The lowest BCUT2D eigenvalue weighted by atomic mass is 10.00. The Balaban J connectivity index is 2.15. The average Bonchev–Trinajstić information content (AvgIpc) is 2.51. The van der Waals surface area contributed by atoms with Crippen LogP contribution in [0.1, 0.15) is 43.7 Å². The molecule has 0 aromatic heterocycles. The molecule has 7 heteroatoms. The van der Waals surface area contributed by atoms with Crippen LogP contribution in [-0.4, -0.2) is 38.4 Å². The molecule has 1 saturated heterocycles. The number of anilines is 1. The summed E-state index contributed by atoms with van der Waals surface area (Å²) < 4.78 is 23.2. The fourth-order valence-electron chi connectivity index (χ4n) is 3.23. The number of hydrogen-bond donors (Lipinski definition) is 2. The maximum Gasteiger partial charge on any atom is 0.238 e. The van der Waals surface area contributed by atoms with E-state index < -0.39 is 10.0 Å². The van der Waals surface area contributed by atoms with E-state index in [1.807, 2.05) is 6.92 Å². The first-order chi connectivity index (χ1) is 11.2. The summed E-state index contributed by atoms with van der Waals surface area (Å²) in [7, 11) is -3.80. The number of carbonyl (C=O) groups is 1. The minimum absolute atomic E-state index is 0.0188. The van der Waals surface area contributed by atoms with Crippen LogP contribution >= 0.6 is 0 Å². The Hall–Kier alpha value is -1.44. The highest BCUT2D eigenvalue weighted by molar-refractivity contribution is 7.89. The van der Waals surface area contributed by atoms with E-state index in [2.05, 4.69) is 17.1 Å². The third-order valence-corrected chi connectivity index (χ3v) is 5.70. The van der Waals surface area contributed by atoms with E-state index in [0.717, 1.165) is 36.9 Å². The largest absolute Gasteiger partial charge is 0.325 e. The number of hydrogen-bond acceptors (Lipinski definition) is 4. The second-order valence-corrected chi connectivity index (χ2v) is 8.10. The number of benzene rings is 1. The van der Waals surface area contributed by atoms with Crippen LogP contribution in [0.3, 0.4) is 0 Å². The highest BCUT2D eigenvalue weighted by Crippen LogP contribution is 2.24. The molecule has 134 valence electrons. The molecule has 6 nitrogen and oxygen atoms in total. The summed E-state index contributed by atoms with van der Waals surface area (Å²) in [6, 6.07) is 3.41. The molecule has 1 atom stereocenters. The van der Waals surface area contributed by atoms with E-state index in [-0.39, 0.29) is 10.8 Å². The molecule has 24 heavy (non-hydrogen) atoms. The van der Waals surface area contributed by atoms with Crippen molar-refractivity contribution in [3.05, 3.63) is 23.3 Å².